The molecule has 19 heavy (non-hydrogen) atoms. The molecule has 3 rings (SSSR count). The molecule has 2 heterocycles. The number of halogens is 1. The Morgan fingerprint density at radius 2 is 2.21 bits per heavy atom. The summed E-state index contributed by atoms with van der Waals surface area (Å²) in [6.45, 7) is 0.558. The Kier molecular flexibility index (Phi) is 2.79. The second-order valence-electron chi connectivity index (χ2n) is 4.40. The number of H-pyrrole nitrogens is 1. The van der Waals surface area contributed by atoms with E-state index in [9.17, 15) is 9.18 Å². The summed E-state index contributed by atoms with van der Waals surface area (Å²) in [6.07, 6.45) is 0.653. The van der Waals surface area contributed by atoms with Crippen molar-refractivity contribution in [3.8, 4) is 11.4 Å². The number of nitrogens with zero attached hydrogens (tertiary/aromatic N) is 1. The van der Waals surface area contributed by atoms with Crippen molar-refractivity contribution in [3.05, 3.63) is 41.5 Å². The summed E-state index contributed by atoms with van der Waals surface area (Å²) >= 11 is 0. The summed E-state index contributed by atoms with van der Waals surface area (Å²) in [5, 5.41) is 12.0. The third-order valence-corrected chi connectivity index (χ3v) is 3.18. The highest BCUT2D eigenvalue weighted by molar-refractivity contribution is 5.76. The van der Waals surface area contributed by atoms with Crippen LogP contribution in [0, 0.1) is 5.82 Å². The lowest BCUT2D eigenvalue weighted by Gasteiger charge is -2.18. The maximum atomic E-state index is 13.7. The molecule has 2 aromatic rings. The van der Waals surface area contributed by atoms with Gasteiger partial charge in [0.05, 0.1) is 11.3 Å². The number of carboxylic acids is 1. The lowest BCUT2D eigenvalue weighted by Crippen LogP contribution is -2.35. The second-order valence-corrected chi connectivity index (χ2v) is 4.40. The minimum atomic E-state index is -0.979. The van der Waals surface area contributed by atoms with Gasteiger partial charge in [-0.15, -0.1) is 0 Å². The van der Waals surface area contributed by atoms with E-state index in [1.54, 1.807) is 18.2 Å². The van der Waals surface area contributed by atoms with E-state index in [2.05, 4.69) is 15.3 Å². The van der Waals surface area contributed by atoms with Gasteiger partial charge in [-0.2, -0.15) is 0 Å². The second kappa shape index (κ2) is 4.47. The topological polar surface area (TPSA) is 78.0 Å². The van der Waals surface area contributed by atoms with Gasteiger partial charge in [0.25, 0.3) is 0 Å². The van der Waals surface area contributed by atoms with Crippen LogP contribution >= 0.6 is 0 Å². The highest BCUT2D eigenvalue weighted by atomic mass is 19.1. The molecular formula is C13H12FN3O2. The van der Waals surface area contributed by atoms with Gasteiger partial charge in [-0.25, -0.2) is 9.37 Å². The molecule has 1 aromatic heterocycles. The number of fused-ring (bicyclic) bond motifs is 1. The van der Waals surface area contributed by atoms with Crippen LogP contribution in [0.15, 0.2) is 24.3 Å². The molecule has 6 heteroatoms. The first kappa shape index (κ1) is 11.9. The summed E-state index contributed by atoms with van der Waals surface area (Å²) in [7, 11) is 0. The number of rotatable bonds is 2. The van der Waals surface area contributed by atoms with Crippen LogP contribution in [-0.4, -0.2) is 27.6 Å². The van der Waals surface area contributed by atoms with Gasteiger partial charge in [-0.05, 0) is 12.1 Å². The van der Waals surface area contributed by atoms with E-state index in [1.165, 1.54) is 6.07 Å². The van der Waals surface area contributed by atoms with Crippen molar-refractivity contribution in [2.75, 3.05) is 6.54 Å². The normalized spacial score (nSPS) is 18.1. The standard InChI is InChI=1S/C13H12FN3O2/c14-8-4-2-1-3-7(8)12-16-9-5-6-15-11(13(18)19)10(9)17-12/h1-4,11,15H,5-6H2,(H,16,17)(H,18,19)/t11-/m0/s1. The summed E-state index contributed by atoms with van der Waals surface area (Å²) < 4.78 is 13.7. The number of aromatic amines is 1. The number of aromatic nitrogens is 2. The zero-order chi connectivity index (χ0) is 13.4. The highest BCUT2D eigenvalue weighted by Crippen LogP contribution is 2.26. The molecule has 1 aromatic carbocycles. The number of carbonyl (C=O) groups is 1. The number of carboxylic acid groups (broad SMARTS) is 1. The molecule has 3 N–H and O–H groups in total. The fourth-order valence-corrected chi connectivity index (χ4v) is 2.28. The van der Waals surface area contributed by atoms with E-state index in [4.69, 9.17) is 5.11 Å². The van der Waals surface area contributed by atoms with Gasteiger partial charge < -0.3 is 10.1 Å². The van der Waals surface area contributed by atoms with Crippen molar-refractivity contribution in [1.82, 2.24) is 15.3 Å². The van der Waals surface area contributed by atoms with Gasteiger partial charge in [0, 0.05) is 18.7 Å². The molecule has 0 saturated heterocycles. The largest absolute Gasteiger partial charge is 0.480 e. The Balaban J connectivity index is 2.07. The summed E-state index contributed by atoms with van der Waals surface area (Å²) in [5.74, 6) is -0.987. The van der Waals surface area contributed by atoms with Gasteiger partial charge in [-0.1, -0.05) is 12.1 Å². The highest BCUT2D eigenvalue weighted by Gasteiger charge is 2.29. The van der Waals surface area contributed by atoms with Crippen LogP contribution < -0.4 is 5.32 Å². The molecule has 0 saturated carbocycles. The summed E-state index contributed by atoms with van der Waals surface area (Å²) in [5.41, 5.74) is 1.54. The van der Waals surface area contributed by atoms with Crippen molar-refractivity contribution in [1.29, 1.82) is 0 Å². The third kappa shape index (κ3) is 2.00. The smallest absolute Gasteiger partial charge is 0.327 e. The Hall–Kier alpha value is -2.21. The van der Waals surface area contributed by atoms with Crippen LogP contribution in [0.3, 0.4) is 0 Å². The minimum absolute atomic E-state index is 0.348. The lowest BCUT2D eigenvalue weighted by atomic mass is 10.1. The Labute approximate surface area is 108 Å². The Morgan fingerprint density at radius 3 is 2.95 bits per heavy atom. The zero-order valence-electron chi connectivity index (χ0n) is 9.98. The van der Waals surface area contributed by atoms with Gasteiger partial charge in [-0.3, -0.25) is 10.1 Å². The van der Waals surface area contributed by atoms with Crippen molar-refractivity contribution in [2.45, 2.75) is 12.5 Å². The van der Waals surface area contributed by atoms with Crippen LogP contribution in [0.25, 0.3) is 11.4 Å². The third-order valence-electron chi connectivity index (χ3n) is 3.18. The van der Waals surface area contributed by atoms with E-state index in [-0.39, 0.29) is 5.82 Å². The van der Waals surface area contributed by atoms with Gasteiger partial charge in [0.2, 0.25) is 0 Å². The van der Waals surface area contributed by atoms with E-state index in [0.717, 1.165) is 5.69 Å². The number of aliphatic carboxylic acids is 1. The van der Waals surface area contributed by atoms with E-state index in [1.807, 2.05) is 0 Å². The molecule has 1 aliphatic heterocycles. The van der Waals surface area contributed by atoms with Crippen LogP contribution in [0.2, 0.25) is 0 Å². The van der Waals surface area contributed by atoms with Crippen LogP contribution in [0.4, 0.5) is 4.39 Å². The van der Waals surface area contributed by atoms with Crippen LogP contribution in [-0.2, 0) is 11.2 Å². The maximum absolute atomic E-state index is 13.7. The van der Waals surface area contributed by atoms with Crippen molar-refractivity contribution in [2.24, 2.45) is 0 Å². The fraction of sp³-hybridized carbons (Fsp3) is 0.231. The van der Waals surface area contributed by atoms with Crippen molar-refractivity contribution >= 4 is 5.97 Å². The Bertz CT molecular complexity index is 639. The first-order valence-electron chi connectivity index (χ1n) is 5.96. The van der Waals surface area contributed by atoms with E-state index >= 15 is 0 Å². The van der Waals surface area contributed by atoms with Crippen LogP contribution in [0.1, 0.15) is 17.4 Å². The van der Waals surface area contributed by atoms with Crippen LogP contribution in [0.5, 0.6) is 0 Å². The molecule has 0 aliphatic carbocycles. The molecular weight excluding hydrogens is 249 g/mol. The number of nitrogens with one attached hydrogen (secondary N) is 2. The number of hydrogen-bond acceptors (Lipinski definition) is 3. The van der Waals surface area contributed by atoms with Gasteiger partial charge in [0.1, 0.15) is 11.6 Å². The summed E-state index contributed by atoms with van der Waals surface area (Å²) in [6, 6.07) is 5.45. The van der Waals surface area contributed by atoms with E-state index in [0.29, 0.717) is 30.0 Å². The predicted molar refractivity (Wildman–Crippen MR) is 66.1 cm³/mol. The zero-order valence-corrected chi connectivity index (χ0v) is 9.98. The number of hydrogen-bond donors (Lipinski definition) is 3. The summed E-state index contributed by atoms with van der Waals surface area (Å²) in [4.78, 5) is 18.4. The molecule has 0 spiro atoms. The fourth-order valence-electron chi connectivity index (χ4n) is 2.28. The van der Waals surface area contributed by atoms with Crippen molar-refractivity contribution < 1.29 is 14.3 Å². The molecule has 0 radical (unpaired) electrons. The van der Waals surface area contributed by atoms with Crippen molar-refractivity contribution in [3.63, 3.8) is 0 Å². The number of imidazole rings is 1. The number of benzene rings is 1. The average Bonchev–Trinajstić information content (AvgIpc) is 2.82. The molecule has 0 unspecified atom stereocenters. The van der Waals surface area contributed by atoms with Gasteiger partial charge >= 0.3 is 5.97 Å². The minimum Gasteiger partial charge on any atom is -0.480 e. The molecule has 98 valence electrons. The Morgan fingerprint density at radius 1 is 1.42 bits per heavy atom. The molecule has 0 fully saturated rings. The lowest BCUT2D eigenvalue weighted by molar-refractivity contribution is -0.139. The SMILES string of the molecule is O=C(O)[C@H]1NCCc2[nH]c(-c3ccccc3F)nc21. The first-order chi connectivity index (χ1) is 9.16. The average molecular weight is 261 g/mol. The molecule has 0 amide bonds. The molecule has 5 nitrogen and oxygen atoms in total. The van der Waals surface area contributed by atoms with E-state index < -0.39 is 12.0 Å². The molecule has 1 atom stereocenters. The maximum Gasteiger partial charge on any atom is 0.327 e. The first-order valence-corrected chi connectivity index (χ1v) is 5.96. The monoisotopic (exact) mass is 261 g/mol. The van der Waals surface area contributed by atoms with Gasteiger partial charge in [0.15, 0.2) is 6.04 Å². The predicted octanol–water partition coefficient (Wildman–Crippen LogP) is 1.49. The molecule has 1 aliphatic rings. The quantitative estimate of drug-likeness (QED) is 0.765. The molecule has 0 bridgehead atoms.